The third kappa shape index (κ3) is 3.51. The van der Waals surface area contributed by atoms with Crippen LogP contribution < -0.4 is 0 Å². The van der Waals surface area contributed by atoms with Crippen molar-refractivity contribution in [1.29, 1.82) is 0 Å². The number of carbonyl (C=O) groups is 1. The van der Waals surface area contributed by atoms with E-state index in [0.717, 1.165) is 4.88 Å². The van der Waals surface area contributed by atoms with E-state index in [9.17, 15) is 9.18 Å². The molecule has 0 N–H and O–H groups in total. The zero-order valence-electron chi connectivity index (χ0n) is 14.2. The Kier molecular flexibility index (Phi) is 5.02. The fourth-order valence-corrected chi connectivity index (χ4v) is 4.48. The highest BCUT2D eigenvalue weighted by atomic mass is 32.1. The van der Waals surface area contributed by atoms with Gasteiger partial charge in [0.25, 0.3) is 0 Å². The van der Waals surface area contributed by atoms with E-state index in [1.165, 1.54) is 42.1 Å². The topological polar surface area (TPSA) is 61.6 Å². The summed E-state index contributed by atoms with van der Waals surface area (Å²) in [6, 6.07) is 8.55. The van der Waals surface area contributed by atoms with E-state index in [-0.39, 0.29) is 19.0 Å². The van der Waals surface area contributed by atoms with E-state index in [4.69, 9.17) is 13.9 Å². The number of hydrogen-bond donors (Lipinski definition) is 0. The third-order valence-corrected chi connectivity index (χ3v) is 5.91. The van der Waals surface area contributed by atoms with Gasteiger partial charge in [0, 0.05) is 22.8 Å². The minimum absolute atomic E-state index is 0.0309. The molecule has 0 bridgehead atoms. The molecular formula is C19H14FNO4S2. The second kappa shape index (κ2) is 7.59. The van der Waals surface area contributed by atoms with E-state index in [2.05, 4.69) is 4.98 Å². The molecule has 0 aliphatic heterocycles. The van der Waals surface area contributed by atoms with Gasteiger partial charge in [-0.15, -0.1) is 22.7 Å². The van der Waals surface area contributed by atoms with Gasteiger partial charge in [0.15, 0.2) is 0 Å². The number of halogens is 1. The van der Waals surface area contributed by atoms with Crippen LogP contribution in [0.3, 0.4) is 0 Å². The largest absolute Gasteiger partial charge is 0.455 e. The predicted molar refractivity (Wildman–Crippen MR) is 101 cm³/mol. The molecule has 27 heavy (non-hydrogen) atoms. The number of methoxy groups -OCH3 is 1. The van der Waals surface area contributed by atoms with Crippen LogP contribution in [0.4, 0.5) is 4.39 Å². The number of benzene rings is 1. The number of thiophene rings is 2. The Morgan fingerprint density at radius 2 is 2.15 bits per heavy atom. The van der Waals surface area contributed by atoms with Gasteiger partial charge < -0.3 is 13.9 Å². The summed E-state index contributed by atoms with van der Waals surface area (Å²) < 4.78 is 30.8. The Hall–Kier alpha value is -2.55. The van der Waals surface area contributed by atoms with Crippen molar-refractivity contribution in [3.63, 3.8) is 0 Å². The number of aromatic nitrogens is 1. The second-order valence-corrected chi connectivity index (χ2v) is 7.65. The molecular weight excluding hydrogens is 389 g/mol. The molecule has 3 heterocycles. The quantitative estimate of drug-likeness (QED) is 0.411. The lowest BCUT2D eigenvalue weighted by Crippen LogP contribution is -2.06. The van der Waals surface area contributed by atoms with Crippen LogP contribution in [0.15, 0.2) is 46.4 Å². The molecule has 0 atom stereocenters. The number of hydrogen-bond acceptors (Lipinski definition) is 7. The van der Waals surface area contributed by atoms with Gasteiger partial charge >= 0.3 is 5.97 Å². The first-order valence-corrected chi connectivity index (χ1v) is 9.71. The minimum Gasteiger partial charge on any atom is -0.455 e. The standard InChI is InChI=1S/C19H14FNO4S2/c1-23-10-12-16-13(20)4-2-5-14(16)27-17(12)19(22)25-9-11-8-24-18(21-11)15-6-3-7-26-15/h2-8H,9-10H2,1H3. The van der Waals surface area contributed by atoms with E-state index in [1.54, 1.807) is 12.1 Å². The third-order valence-electron chi connectivity index (χ3n) is 3.87. The summed E-state index contributed by atoms with van der Waals surface area (Å²) in [6.45, 7) is 0.0920. The number of oxazole rings is 1. The summed E-state index contributed by atoms with van der Waals surface area (Å²) in [7, 11) is 1.50. The van der Waals surface area contributed by atoms with Crippen LogP contribution in [-0.4, -0.2) is 18.1 Å². The summed E-state index contributed by atoms with van der Waals surface area (Å²) in [6.07, 6.45) is 1.46. The number of rotatable bonds is 6. The first kappa shape index (κ1) is 17.8. The Morgan fingerprint density at radius 1 is 1.26 bits per heavy atom. The lowest BCUT2D eigenvalue weighted by Gasteiger charge is -2.04. The zero-order chi connectivity index (χ0) is 18.8. The van der Waals surface area contributed by atoms with Crippen LogP contribution in [0.25, 0.3) is 20.9 Å². The maximum absolute atomic E-state index is 14.2. The summed E-state index contributed by atoms with van der Waals surface area (Å²) in [5, 5.41) is 2.33. The SMILES string of the molecule is COCc1c(C(=O)OCc2coc(-c3cccs3)n2)sc2cccc(F)c12. The molecule has 0 saturated heterocycles. The summed E-state index contributed by atoms with van der Waals surface area (Å²) in [4.78, 5) is 18.1. The van der Waals surface area contributed by atoms with Crippen molar-refractivity contribution in [2.75, 3.05) is 7.11 Å². The molecule has 1 aromatic carbocycles. The smallest absolute Gasteiger partial charge is 0.349 e. The van der Waals surface area contributed by atoms with Gasteiger partial charge in [-0.25, -0.2) is 14.2 Å². The maximum atomic E-state index is 14.2. The number of fused-ring (bicyclic) bond motifs is 1. The van der Waals surface area contributed by atoms with Crippen LogP contribution in [0.1, 0.15) is 20.9 Å². The molecule has 138 valence electrons. The average Bonchev–Trinajstić information content (AvgIpc) is 3.40. The molecule has 3 aromatic heterocycles. The number of nitrogens with zero attached hydrogens (tertiary/aromatic N) is 1. The molecule has 0 aliphatic rings. The molecule has 0 spiro atoms. The van der Waals surface area contributed by atoms with Crippen molar-refractivity contribution in [2.45, 2.75) is 13.2 Å². The monoisotopic (exact) mass is 403 g/mol. The van der Waals surface area contributed by atoms with Crippen molar-refractivity contribution in [3.8, 4) is 10.8 Å². The van der Waals surface area contributed by atoms with Gasteiger partial charge in [-0.3, -0.25) is 0 Å². The average molecular weight is 403 g/mol. The van der Waals surface area contributed by atoms with E-state index in [1.807, 2.05) is 17.5 Å². The highest BCUT2D eigenvalue weighted by molar-refractivity contribution is 7.21. The first-order valence-electron chi connectivity index (χ1n) is 8.01. The molecule has 4 rings (SSSR count). The molecule has 0 unspecified atom stereocenters. The Balaban J connectivity index is 1.55. The van der Waals surface area contributed by atoms with Crippen LogP contribution in [0.2, 0.25) is 0 Å². The van der Waals surface area contributed by atoms with Crippen LogP contribution >= 0.6 is 22.7 Å². The van der Waals surface area contributed by atoms with E-state index in [0.29, 0.717) is 32.1 Å². The fraction of sp³-hybridized carbons (Fsp3) is 0.158. The second-order valence-electron chi connectivity index (χ2n) is 5.65. The molecule has 8 heteroatoms. The Bertz CT molecular complexity index is 1080. The van der Waals surface area contributed by atoms with E-state index < -0.39 is 5.97 Å². The van der Waals surface area contributed by atoms with Gasteiger partial charge in [0.1, 0.15) is 29.3 Å². The fourth-order valence-electron chi connectivity index (χ4n) is 2.71. The Morgan fingerprint density at radius 3 is 2.93 bits per heavy atom. The first-order chi connectivity index (χ1) is 13.2. The molecule has 0 fully saturated rings. The van der Waals surface area contributed by atoms with Crippen molar-refractivity contribution in [1.82, 2.24) is 4.98 Å². The summed E-state index contributed by atoms with van der Waals surface area (Å²) in [5.41, 5.74) is 1.01. The molecule has 4 aromatic rings. The summed E-state index contributed by atoms with van der Waals surface area (Å²) in [5.74, 6) is -0.435. The van der Waals surface area contributed by atoms with Crippen LogP contribution in [-0.2, 0) is 22.7 Å². The van der Waals surface area contributed by atoms with Crippen LogP contribution in [0.5, 0.6) is 0 Å². The lowest BCUT2D eigenvalue weighted by atomic mass is 10.1. The minimum atomic E-state index is -0.539. The molecule has 0 saturated carbocycles. The van der Waals surface area contributed by atoms with Gasteiger partial charge in [-0.2, -0.15) is 0 Å². The molecule has 0 radical (unpaired) electrons. The molecule has 5 nitrogen and oxygen atoms in total. The number of carbonyl (C=O) groups excluding carboxylic acids is 1. The van der Waals surface area contributed by atoms with Gasteiger partial charge in [-0.1, -0.05) is 12.1 Å². The molecule has 0 amide bonds. The van der Waals surface area contributed by atoms with Crippen molar-refractivity contribution >= 4 is 38.7 Å². The van der Waals surface area contributed by atoms with E-state index >= 15 is 0 Å². The van der Waals surface area contributed by atoms with Gasteiger partial charge in [0.05, 0.1) is 11.5 Å². The number of ether oxygens (including phenoxy) is 2. The lowest BCUT2D eigenvalue weighted by molar-refractivity contribution is 0.0469. The summed E-state index contributed by atoms with van der Waals surface area (Å²) >= 11 is 2.70. The van der Waals surface area contributed by atoms with Gasteiger partial charge in [0.2, 0.25) is 5.89 Å². The van der Waals surface area contributed by atoms with Crippen molar-refractivity contribution in [3.05, 3.63) is 63.9 Å². The highest BCUT2D eigenvalue weighted by Crippen LogP contribution is 2.34. The number of esters is 1. The van der Waals surface area contributed by atoms with Crippen molar-refractivity contribution < 1.29 is 23.1 Å². The van der Waals surface area contributed by atoms with Gasteiger partial charge in [-0.05, 0) is 23.6 Å². The Labute approximate surface area is 162 Å². The predicted octanol–water partition coefficient (Wildman–Crippen LogP) is 5.26. The highest BCUT2D eigenvalue weighted by Gasteiger charge is 2.22. The maximum Gasteiger partial charge on any atom is 0.349 e. The molecule has 0 aliphatic carbocycles. The normalized spacial score (nSPS) is 11.2. The van der Waals surface area contributed by atoms with Crippen molar-refractivity contribution in [2.24, 2.45) is 0 Å². The van der Waals surface area contributed by atoms with Crippen LogP contribution in [0, 0.1) is 5.82 Å². The zero-order valence-corrected chi connectivity index (χ0v) is 15.9.